The third-order valence-electron chi connectivity index (χ3n) is 3.15. The lowest BCUT2D eigenvalue weighted by Gasteiger charge is -2.15. The van der Waals surface area contributed by atoms with Gasteiger partial charge in [-0.2, -0.15) is 13.2 Å². The first-order valence-electron chi connectivity index (χ1n) is 6.19. The van der Waals surface area contributed by atoms with Gasteiger partial charge in [0, 0.05) is 5.69 Å². The first kappa shape index (κ1) is 15.2. The van der Waals surface area contributed by atoms with Crippen molar-refractivity contribution in [1.29, 1.82) is 0 Å². The van der Waals surface area contributed by atoms with Gasteiger partial charge in [0.05, 0.1) is 16.9 Å². The maximum Gasteiger partial charge on any atom is 0.416 e. The normalized spacial score (nSPS) is 11.5. The Kier molecular flexibility index (Phi) is 3.80. The molecule has 21 heavy (non-hydrogen) atoms. The molecule has 112 valence electrons. The van der Waals surface area contributed by atoms with Crippen LogP contribution in [0.25, 0.3) is 0 Å². The van der Waals surface area contributed by atoms with Crippen LogP contribution >= 0.6 is 0 Å². The summed E-state index contributed by atoms with van der Waals surface area (Å²) in [6, 6.07) is 6.49. The first-order chi connectivity index (χ1) is 9.68. The standard InChI is InChI=1S/C15H14F4N2/c1-8-3-4-10(6-11(8)15(17,18)19)21-14-5-9(2)12(16)7-13(14)20/h3-7,21H,20H2,1-2H3. The summed E-state index contributed by atoms with van der Waals surface area (Å²) >= 11 is 0. The molecule has 0 aliphatic heterocycles. The van der Waals surface area contributed by atoms with Gasteiger partial charge < -0.3 is 11.1 Å². The van der Waals surface area contributed by atoms with Crippen molar-refractivity contribution in [2.75, 3.05) is 11.1 Å². The number of rotatable bonds is 2. The van der Waals surface area contributed by atoms with Crippen LogP contribution in [0.3, 0.4) is 0 Å². The third-order valence-corrected chi connectivity index (χ3v) is 3.15. The minimum atomic E-state index is -4.42. The highest BCUT2D eigenvalue weighted by Crippen LogP contribution is 2.35. The molecule has 0 radical (unpaired) electrons. The summed E-state index contributed by atoms with van der Waals surface area (Å²) in [6.45, 7) is 2.94. The maximum absolute atomic E-state index is 13.3. The molecular formula is C15H14F4N2. The molecule has 0 aromatic heterocycles. The van der Waals surface area contributed by atoms with Crippen LogP contribution in [-0.2, 0) is 6.18 Å². The SMILES string of the molecule is Cc1cc(Nc2ccc(C)c(C(F)(F)F)c2)c(N)cc1F. The van der Waals surface area contributed by atoms with Gasteiger partial charge in [-0.15, -0.1) is 0 Å². The average Bonchev–Trinajstić information content (AvgIpc) is 2.37. The Morgan fingerprint density at radius 2 is 1.67 bits per heavy atom. The minimum Gasteiger partial charge on any atom is -0.397 e. The Labute approximate surface area is 119 Å². The monoisotopic (exact) mass is 298 g/mol. The number of hydrogen-bond acceptors (Lipinski definition) is 2. The number of hydrogen-bond donors (Lipinski definition) is 2. The summed E-state index contributed by atoms with van der Waals surface area (Å²) in [5.74, 6) is -0.460. The number of nitrogens with two attached hydrogens (primary N) is 1. The smallest absolute Gasteiger partial charge is 0.397 e. The van der Waals surface area contributed by atoms with Gasteiger partial charge in [-0.3, -0.25) is 0 Å². The van der Waals surface area contributed by atoms with E-state index in [0.717, 1.165) is 12.1 Å². The summed E-state index contributed by atoms with van der Waals surface area (Å²) < 4.78 is 51.9. The molecule has 0 saturated heterocycles. The molecule has 0 spiro atoms. The second-order valence-corrected chi connectivity index (χ2v) is 4.84. The quantitative estimate of drug-likeness (QED) is 0.618. The minimum absolute atomic E-state index is 0.132. The second kappa shape index (κ2) is 5.27. The van der Waals surface area contributed by atoms with Crippen LogP contribution in [0, 0.1) is 19.7 Å². The molecule has 3 N–H and O–H groups in total. The lowest BCUT2D eigenvalue weighted by Crippen LogP contribution is -2.08. The number of benzene rings is 2. The molecule has 0 aliphatic carbocycles. The molecule has 2 aromatic rings. The van der Waals surface area contributed by atoms with Crippen molar-refractivity contribution in [3.8, 4) is 0 Å². The molecule has 0 unspecified atom stereocenters. The fraction of sp³-hybridized carbons (Fsp3) is 0.200. The Balaban J connectivity index is 2.39. The van der Waals surface area contributed by atoms with E-state index in [2.05, 4.69) is 5.32 Å². The molecule has 2 aromatic carbocycles. The van der Waals surface area contributed by atoms with Gasteiger partial charge >= 0.3 is 6.18 Å². The van der Waals surface area contributed by atoms with Crippen molar-refractivity contribution in [2.45, 2.75) is 20.0 Å². The van der Waals surface area contributed by atoms with E-state index in [1.54, 1.807) is 6.92 Å². The molecule has 0 fully saturated rings. The predicted octanol–water partition coefficient (Wildman–Crippen LogP) is 4.79. The predicted molar refractivity (Wildman–Crippen MR) is 75.0 cm³/mol. The number of alkyl halides is 3. The van der Waals surface area contributed by atoms with E-state index in [1.807, 2.05) is 0 Å². The van der Waals surface area contributed by atoms with Crippen molar-refractivity contribution >= 4 is 17.1 Å². The number of nitrogen functional groups attached to an aromatic ring is 1. The topological polar surface area (TPSA) is 38.0 Å². The molecule has 0 amide bonds. The molecule has 0 heterocycles. The van der Waals surface area contributed by atoms with Crippen molar-refractivity contribution in [2.24, 2.45) is 0 Å². The van der Waals surface area contributed by atoms with E-state index in [-0.39, 0.29) is 16.9 Å². The number of halogens is 4. The highest BCUT2D eigenvalue weighted by Gasteiger charge is 2.32. The Morgan fingerprint density at radius 3 is 2.29 bits per heavy atom. The zero-order valence-corrected chi connectivity index (χ0v) is 11.5. The largest absolute Gasteiger partial charge is 0.416 e. The first-order valence-corrected chi connectivity index (χ1v) is 6.19. The molecule has 6 heteroatoms. The van der Waals surface area contributed by atoms with E-state index in [0.29, 0.717) is 11.3 Å². The van der Waals surface area contributed by atoms with Gasteiger partial charge in [-0.25, -0.2) is 4.39 Å². The van der Waals surface area contributed by atoms with Crippen LogP contribution in [0.2, 0.25) is 0 Å². The Bertz CT molecular complexity index is 678. The molecule has 2 rings (SSSR count). The second-order valence-electron chi connectivity index (χ2n) is 4.84. The summed E-state index contributed by atoms with van der Waals surface area (Å²) in [4.78, 5) is 0. The van der Waals surface area contributed by atoms with Crippen LogP contribution in [0.15, 0.2) is 30.3 Å². The fourth-order valence-corrected chi connectivity index (χ4v) is 1.97. The van der Waals surface area contributed by atoms with E-state index < -0.39 is 17.6 Å². The Morgan fingerprint density at radius 1 is 1.00 bits per heavy atom. The van der Waals surface area contributed by atoms with Crippen LogP contribution in [0.4, 0.5) is 34.6 Å². The van der Waals surface area contributed by atoms with E-state index in [9.17, 15) is 17.6 Å². The Hall–Kier alpha value is -2.24. The number of anilines is 3. The van der Waals surface area contributed by atoms with Gasteiger partial charge in [0.2, 0.25) is 0 Å². The maximum atomic E-state index is 13.3. The van der Waals surface area contributed by atoms with E-state index >= 15 is 0 Å². The van der Waals surface area contributed by atoms with Gasteiger partial charge in [0.25, 0.3) is 0 Å². The van der Waals surface area contributed by atoms with Gasteiger partial charge in [-0.05, 0) is 49.2 Å². The van der Waals surface area contributed by atoms with Crippen molar-refractivity contribution in [1.82, 2.24) is 0 Å². The third kappa shape index (κ3) is 3.26. The molecular weight excluding hydrogens is 284 g/mol. The number of nitrogens with one attached hydrogen (secondary N) is 1. The molecule has 0 saturated carbocycles. The average molecular weight is 298 g/mol. The van der Waals surface area contributed by atoms with Crippen LogP contribution in [0.5, 0.6) is 0 Å². The van der Waals surface area contributed by atoms with Crippen molar-refractivity contribution < 1.29 is 17.6 Å². The van der Waals surface area contributed by atoms with Crippen LogP contribution in [0.1, 0.15) is 16.7 Å². The van der Waals surface area contributed by atoms with Crippen LogP contribution < -0.4 is 11.1 Å². The summed E-state index contributed by atoms with van der Waals surface area (Å²) in [6.07, 6.45) is -4.42. The highest BCUT2D eigenvalue weighted by molar-refractivity contribution is 5.73. The fourth-order valence-electron chi connectivity index (χ4n) is 1.97. The molecule has 0 atom stereocenters. The van der Waals surface area contributed by atoms with Crippen LogP contribution in [-0.4, -0.2) is 0 Å². The van der Waals surface area contributed by atoms with Gasteiger partial charge in [0.15, 0.2) is 0 Å². The summed E-state index contributed by atoms with van der Waals surface area (Å²) in [7, 11) is 0. The van der Waals surface area contributed by atoms with Gasteiger partial charge in [-0.1, -0.05) is 6.07 Å². The van der Waals surface area contributed by atoms with E-state index in [4.69, 9.17) is 5.73 Å². The molecule has 2 nitrogen and oxygen atoms in total. The zero-order valence-electron chi connectivity index (χ0n) is 11.5. The lowest BCUT2D eigenvalue weighted by atomic mass is 10.1. The lowest BCUT2D eigenvalue weighted by molar-refractivity contribution is -0.138. The van der Waals surface area contributed by atoms with E-state index in [1.165, 1.54) is 25.1 Å². The molecule has 0 aliphatic rings. The number of aryl methyl sites for hydroxylation is 2. The summed E-state index contributed by atoms with van der Waals surface area (Å²) in [5, 5.41) is 2.79. The zero-order chi connectivity index (χ0) is 15.8. The molecule has 0 bridgehead atoms. The summed E-state index contributed by atoms with van der Waals surface area (Å²) in [5.41, 5.74) is 6.18. The van der Waals surface area contributed by atoms with Gasteiger partial charge in [0.1, 0.15) is 5.82 Å². The van der Waals surface area contributed by atoms with Crippen molar-refractivity contribution in [3.05, 3.63) is 52.8 Å². The van der Waals surface area contributed by atoms with Crippen molar-refractivity contribution in [3.63, 3.8) is 0 Å². The highest BCUT2D eigenvalue weighted by atomic mass is 19.4.